The molecule has 0 unspecified atom stereocenters. The summed E-state index contributed by atoms with van der Waals surface area (Å²) in [5, 5.41) is 0. The standard InChI is InChI=1S/C35H39N5O2S/c1-23(2)16-28-20-40-22-29(21-39(28)19-26-12-6-5-7-13-26)42-32-18-31(33-24(3)10-8-11-25(33)4)36-35(37-32)38-43-30-15-9-14-27(17-30)34(40)41/h5-15,17-18,23,28-29H,16,19-22H2,1-4H3,(H,36,37,38)/t28-,29+/m0/s1. The van der Waals surface area contributed by atoms with Gasteiger partial charge in [-0.25, -0.2) is 4.98 Å². The van der Waals surface area contributed by atoms with Crippen molar-refractivity contribution >= 4 is 23.8 Å². The fourth-order valence-electron chi connectivity index (χ4n) is 6.21. The number of ether oxygens (including phenoxy) is 1. The second-order valence-corrected chi connectivity index (χ2v) is 12.9. The van der Waals surface area contributed by atoms with Crippen molar-refractivity contribution in [1.29, 1.82) is 0 Å². The molecule has 4 aromatic rings. The number of carbonyl (C=O) groups is 1. The van der Waals surface area contributed by atoms with Crippen molar-refractivity contribution in [2.24, 2.45) is 5.92 Å². The number of amides is 1. The first-order valence-corrected chi connectivity index (χ1v) is 15.9. The van der Waals surface area contributed by atoms with Crippen molar-refractivity contribution in [3.05, 3.63) is 101 Å². The number of fused-ring (bicyclic) bond motifs is 6. The van der Waals surface area contributed by atoms with Gasteiger partial charge in [0.15, 0.2) is 0 Å². The largest absolute Gasteiger partial charge is 0.471 e. The third kappa shape index (κ3) is 6.86. The molecular weight excluding hydrogens is 554 g/mol. The van der Waals surface area contributed by atoms with Gasteiger partial charge < -0.3 is 9.64 Å². The number of aromatic nitrogens is 2. The van der Waals surface area contributed by atoms with Gasteiger partial charge in [0.2, 0.25) is 11.8 Å². The highest BCUT2D eigenvalue weighted by Gasteiger charge is 2.34. The van der Waals surface area contributed by atoms with Gasteiger partial charge in [-0.15, -0.1) is 0 Å². The summed E-state index contributed by atoms with van der Waals surface area (Å²) in [7, 11) is 0. The maximum absolute atomic E-state index is 14.1. The van der Waals surface area contributed by atoms with Crippen molar-refractivity contribution in [3.8, 4) is 17.1 Å². The molecule has 1 amide bonds. The maximum Gasteiger partial charge on any atom is 0.254 e. The molecule has 6 bridgehead atoms. The minimum absolute atomic E-state index is 0.0274. The van der Waals surface area contributed by atoms with Gasteiger partial charge in [-0.2, -0.15) is 4.98 Å². The van der Waals surface area contributed by atoms with E-state index in [1.165, 1.54) is 17.5 Å². The van der Waals surface area contributed by atoms with E-state index >= 15 is 0 Å². The zero-order chi connectivity index (χ0) is 29.9. The molecule has 222 valence electrons. The van der Waals surface area contributed by atoms with Gasteiger partial charge in [0.05, 0.1) is 12.2 Å². The maximum atomic E-state index is 14.1. The van der Waals surface area contributed by atoms with Gasteiger partial charge in [0, 0.05) is 47.8 Å². The van der Waals surface area contributed by atoms with E-state index in [-0.39, 0.29) is 18.1 Å². The molecule has 1 aromatic heterocycles. The van der Waals surface area contributed by atoms with Crippen LogP contribution in [0, 0.1) is 19.8 Å². The molecule has 2 aliphatic rings. The fraction of sp³-hybridized carbons (Fsp3) is 0.343. The van der Waals surface area contributed by atoms with Crippen molar-refractivity contribution < 1.29 is 9.53 Å². The zero-order valence-corrected chi connectivity index (χ0v) is 26.1. The number of rotatable bonds is 5. The molecule has 1 saturated heterocycles. The van der Waals surface area contributed by atoms with Crippen molar-refractivity contribution in [1.82, 2.24) is 19.8 Å². The van der Waals surface area contributed by atoms with E-state index in [9.17, 15) is 4.79 Å². The van der Waals surface area contributed by atoms with E-state index in [0.717, 1.165) is 40.2 Å². The molecule has 3 aromatic carbocycles. The van der Waals surface area contributed by atoms with E-state index in [0.29, 0.717) is 42.9 Å². The minimum atomic E-state index is -0.282. The lowest BCUT2D eigenvalue weighted by Crippen LogP contribution is -2.43. The van der Waals surface area contributed by atoms with Gasteiger partial charge in [0.1, 0.15) is 6.10 Å². The molecule has 0 radical (unpaired) electrons. The van der Waals surface area contributed by atoms with E-state index < -0.39 is 0 Å². The SMILES string of the molecule is Cc1cccc(C)c1-c1cc2nc(n1)NSc1cccc(c1)C(=O)N1C[C@@H](CN(Cc3ccccc3)[C@@H](CC(C)C)C1)O2. The van der Waals surface area contributed by atoms with Gasteiger partial charge in [-0.1, -0.05) is 68.4 Å². The number of carbonyl (C=O) groups excluding carboxylic acids is 1. The Hall–Kier alpha value is -3.88. The molecule has 8 heteroatoms. The predicted molar refractivity (Wildman–Crippen MR) is 173 cm³/mol. The Morgan fingerprint density at radius 3 is 2.47 bits per heavy atom. The summed E-state index contributed by atoms with van der Waals surface area (Å²) in [5.41, 5.74) is 6.10. The summed E-state index contributed by atoms with van der Waals surface area (Å²) in [4.78, 5) is 29.2. The van der Waals surface area contributed by atoms with Gasteiger partial charge in [-0.3, -0.25) is 14.4 Å². The van der Waals surface area contributed by atoms with Crippen LogP contribution < -0.4 is 9.46 Å². The predicted octanol–water partition coefficient (Wildman–Crippen LogP) is 7.01. The Bertz CT molecular complexity index is 1570. The van der Waals surface area contributed by atoms with Crippen LogP contribution in [0.1, 0.15) is 47.3 Å². The molecule has 1 fully saturated rings. The molecule has 0 aliphatic carbocycles. The molecule has 2 aliphatic heterocycles. The van der Waals surface area contributed by atoms with E-state index in [2.05, 4.69) is 85.8 Å². The Balaban J connectivity index is 1.44. The van der Waals surface area contributed by atoms with Crippen LogP contribution in [0.25, 0.3) is 11.3 Å². The zero-order valence-electron chi connectivity index (χ0n) is 25.3. The quantitative estimate of drug-likeness (QED) is 0.250. The number of anilines is 1. The number of benzene rings is 3. The smallest absolute Gasteiger partial charge is 0.254 e. The van der Waals surface area contributed by atoms with Crippen LogP contribution in [-0.4, -0.2) is 57.5 Å². The van der Waals surface area contributed by atoms with Gasteiger partial charge in [0.25, 0.3) is 5.91 Å². The Kier molecular flexibility index (Phi) is 8.68. The molecule has 0 saturated carbocycles. The lowest BCUT2D eigenvalue weighted by Gasteiger charge is -2.33. The van der Waals surface area contributed by atoms with E-state index in [4.69, 9.17) is 14.7 Å². The summed E-state index contributed by atoms with van der Waals surface area (Å²) >= 11 is 1.40. The van der Waals surface area contributed by atoms with Gasteiger partial charge >= 0.3 is 0 Å². The number of nitrogens with one attached hydrogen (secondary N) is 1. The summed E-state index contributed by atoms with van der Waals surface area (Å²) < 4.78 is 10.1. The molecule has 6 rings (SSSR count). The first kappa shape index (κ1) is 29.2. The second-order valence-electron chi connectivity index (χ2n) is 12.1. The average molecular weight is 594 g/mol. The molecule has 2 atom stereocenters. The first-order chi connectivity index (χ1) is 20.8. The molecule has 1 N–H and O–H groups in total. The molecule has 0 spiro atoms. The molecular formula is C35H39N5O2S. The molecule has 43 heavy (non-hydrogen) atoms. The lowest BCUT2D eigenvalue weighted by molar-refractivity contribution is 0.0681. The third-order valence-corrected chi connectivity index (χ3v) is 8.91. The van der Waals surface area contributed by atoms with E-state index in [1.54, 1.807) is 0 Å². The Morgan fingerprint density at radius 1 is 0.930 bits per heavy atom. The van der Waals surface area contributed by atoms with Crippen LogP contribution in [0.3, 0.4) is 0 Å². The third-order valence-electron chi connectivity index (χ3n) is 8.14. The van der Waals surface area contributed by atoms with Crippen LogP contribution >= 0.6 is 11.9 Å². The fourth-order valence-corrected chi connectivity index (χ4v) is 6.84. The van der Waals surface area contributed by atoms with Crippen LogP contribution in [0.2, 0.25) is 0 Å². The number of nitrogens with zero attached hydrogens (tertiary/aromatic N) is 4. The first-order valence-electron chi connectivity index (χ1n) is 15.0. The topological polar surface area (TPSA) is 70.6 Å². The number of hydrogen-bond acceptors (Lipinski definition) is 7. The van der Waals surface area contributed by atoms with E-state index in [1.807, 2.05) is 35.2 Å². The summed E-state index contributed by atoms with van der Waals surface area (Å²) in [6, 6.07) is 26.8. The van der Waals surface area contributed by atoms with Crippen molar-refractivity contribution in [3.63, 3.8) is 0 Å². The second kappa shape index (κ2) is 12.8. The monoisotopic (exact) mass is 593 g/mol. The summed E-state index contributed by atoms with van der Waals surface area (Å²) in [6.07, 6.45) is 0.701. The van der Waals surface area contributed by atoms with Crippen LogP contribution in [0.4, 0.5) is 5.95 Å². The summed E-state index contributed by atoms with van der Waals surface area (Å²) in [6.45, 7) is 11.3. The lowest BCUT2D eigenvalue weighted by atomic mass is 10.00. The van der Waals surface area contributed by atoms with Gasteiger partial charge in [-0.05, 0) is 73.0 Å². The van der Waals surface area contributed by atoms with Crippen LogP contribution in [0.15, 0.2) is 83.8 Å². The average Bonchev–Trinajstić information content (AvgIpc) is 3.14. The number of aryl methyl sites for hydroxylation is 2. The van der Waals surface area contributed by atoms with Crippen LogP contribution in [-0.2, 0) is 6.54 Å². The Labute approximate surface area is 258 Å². The molecule has 3 heterocycles. The minimum Gasteiger partial charge on any atom is -0.471 e. The highest BCUT2D eigenvalue weighted by Crippen LogP contribution is 2.32. The normalized spacial score (nSPS) is 19.0. The number of hydrogen-bond donors (Lipinski definition) is 1. The Morgan fingerprint density at radius 2 is 1.70 bits per heavy atom. The van der Waals surface area contributed by atoms with Crippen LogP contribution in [0.5, 0.6) is 5.88 Å². The van der Waals surface area contributed by atoms with Crippen molar-refractivity contribution in [2.75, 3.05) is 24.4 Å². The van der Waals surface area contributed by atoms with Crippen molar-refractivity contribution in [2.45, 2.75) is 57.7 Å². The highest BCUT2D eigenvalue weighted by molar-refractivity contribution is 8.00. The molecule has 7 nitrogen and oxygen atoms in total. The summed E-state index contributed by atoms with van der Waals surface area (Å²) in [5.74, 6) is 1.49. The highest BCUT2D eigenvalue weighted by atomic mass is 32.2.